The second-order valence-electron chi connectivity index (χ2n) is 4.09. The molecule has 0 spiro atoms. The summed E-state index contributed by atoms with van der Waals surface area (Å²) in [7, 11) is 0. The van der Waals surface area contributed by atoms with Crippen molar-refractivity contribution in [2.75, 3.05) is 5.32 Å². The van der Waals surface area contributed by atoms with Gasteiger partial charge in [0.2, 0.25) is 0 Å². The Morgan fingerprint density at radius 2 is 2.05 bits per heavy atom. The summed E-state index contributed by atoms with van der Waals surface area (Å²) in [6.07, 6.45) is 0. The van der Waals surface area contributed by atoms with Crippen LogP contribution < -0.4 is 5.32 Å². The Hall–Kier alpha value is -1.62. The number of thiazole rings is 1. The van der Waals surface area contributed by atoms with Crippen molar-refractivity contribution in [1.29, 1.82) is 0 Å². The number of nitrogens with zero attached hydrogens (tertiary/aromatic N) is 1. The standard InChI is InChI=1S/C14H8Cl2N2OS/c15-10-3-1-2-9(13(10)16)14(19)18-8-4-5-11-12(6-8)20-7-17-11/h1-7H,(H,18,19). The predicted molar refractivity (Wildman–Crippen MR) is 84.0 cm³/mol. The van der Waals surface area contributed by atoms with Gasteiger partial charge in [0.05, 0.1) is 31.3 Å². The minimum atomic E-state index is -0.290. The van der Waals surface area contributed by atoms with Crippen LogP contribution in [0.3, 0.4) is 0 Å². The molecule has 0 aliphatic carbocycles. The normalized spacial score (nSPS) is 10.7. The Balaban J connectivity index is 1.90. The summed E-state index contributed by atoms with van der Waals surface area (Å²) in [6.45, 7) is 0. The van der Waals surface area contributed by atoms with E-state index in [1.54, 1.807) is 29.8 Å². The molecule has 3 aromatic rings. The van der Waals surface area contributed by atoms with Gasteiger partial charge in [-0.25, -0.2) is 4.98 Å². The third-order valence-corrected chi connectivity index (χ3v) is 4.40. The van der Waals surface area contributed by atoms with Crippen LogP contribution in [0.5, 0.6) is 0 Å². The zero-order valence-electron chi connectivity index (χ0n) is 10.1. The average Bonchev–Trinajstić information content (AvgIpc) is 2.89. The van der Waals surface area contributed by atoms with Gasteiger partial charge >= 0.3 is 0 Å². The second-order valence-corrected chi connectivity index (χ2v) is 5.76. The fraction of sp³-hybridized carbons (Fsp3) is 0. The molecule has 0 bridgehead atoms. The molecule has 0 saturated carbocycles. The van der Waals surface area contributed by atoms with Crippen molar-refractivity contribution >= 4 is 56.3 Å². The topological polar surface area (TPSA) is 42.0 Å². The van der Waals surface area contributed by atoms with E-state index < -0.39 is 0 Å². The molecule has 3 nitrogen and oxygen atoms in total. The van der Waals surface area contributed by atoms with E-state index in [1.807, 2.05) is 12.1 Å². The highest BCUT2D eigenvalue weighted by molar-refractivity contribution is 7.16. The average molecular weight is 323 g/mol. The van der Waals surface area contributed by atoms with Gasteiger partial charge in [-0.15, -0.1) is 11.3 Å². The number of anilines is 1. The number of carbonyl (C=O) groups is 1. The number of hydrogen-bond acceptors (Lipinski definition) is 3. The first kappa shape index (κ1) is 13.4. The van der Waals surface area contributed by atoms with Gasteiger partial charge < -0.3 is 5.32 Å². The van der Waals surface area contributed by atoms with Crippen LogP contribution in [-0.4, -0.2) is 10.9 Å². The molecule has 100 valence electrons. The highest BCUT2D eigenvalue weighted by Crippen LogP contribution is 2.27. The molecule has 1 amide bonds. The summed E-state index contributed by atoms with van der Waals surface area (Å²) in [5.74, 6) is -0.290. The smallest absolute Gasteiger partial charge is 0.257 e. The number of amides is 1. The van der Waals surface area contributed by atoms with Crippen LogP contribution in [0.4, 0.5) is 5.69 Å². The van der Waals surface area contributed by atoms with Crippen LogP contribution in [0.15, 0.2) is 41.9 Å². The minimum absolute atomic E-state index is 0.255. The maximum absolute atomic E-state index is 12.2. The van der Waals surface area contributed by atoms with Gasteiger partial charge in [0.15, 0.2) is 0 Å². The fourth-order valence-electron chi connectivity index (χ4n) is 1.81. The van der Waals surface area contributed by atoms with E-state index in [4.69, 9.17) is 23.2 Å². The second kappa shape index (κ2) is 5.40. The Morgan fingerprint density at radius 3 is 2.90 bits per heavy atom. The van der Waals surface area contributed by atoms with Crippen molar-refractivity contribution in [3.63, 3.8) is 0 Å². The summed E-state index contributed by atoms with van der Waals surface area (Å²) >= 11 is 13.5. The lowest BCUT2D eigenvalue weighted by atomic mass is 10.2. The lowest BCUT2D eigenvalue weighted by molar-refractivity contribution is 0.102. The summed E-state index contributed by atoms with van der Waals surface area (Å²) in [6, 6.07) is 10.5. The maximum atomic E-state index is 12.2. The van der Waals surface area contributed by atoms with Gasteiger partial charge in [-0.05, 0) is 30.3 Å². The lowest BCUT2D eigenvalue weighted by Crippen LogP contribution is -2.12. The van der Waals surface area contributed by atoms with Gasteiger partial charge in [-0.1, -0.05) is 29.3 Å². The van der Waals surface area contributed by atoms with E-state index >= 15 is 0 Å². The largest absolute Gasteiger partial charge is 0.322 e. The summed E-state index contributed by atoms with van der Waals surface area (Å²) < 4.78 is 1.01. The first-order chi connectivity index (χ1) is 9.65. The first-order valence-electron chi connectivity index (χ1n) is 5.74. The number of hydrogen-bond donors (Lipinski definition) is 1. The van der Waals surface area contributed by atoms with Gasteiger partial charge in [0.25, 0.3) is 5.91 Å². The summed E-state index contributed by atoms with van der Waals surface area (Å²) in [5.41, 5.74) is 3.73. The van der Waals surface area contributed by atoms with Crippen LogP contribution in [0.2, 0.25) is 10.0 Å². The molecule has 0 saturated heterocycles. The molecule has 20 heavy (non-hydrogen) atoms. The van der Waals surface area contributed by atoms with E-state index in [9.17, 15) is 4.79 Å². The number of fused-ring (bicyclic) bond motifs is 1. The first-order valence-corrected chi connectivity index (χ1v) is 7.37. The molecule has 0 unspecified atom stereocenters. The Morgan fingerprint density at radius 1 is 1.20 bits per heavy atom. The Kier molecular flexibility index (Phi) is 3.61. The fourth-order valence-corrected chi connectivity index (χ4v) is 2.91. The predicted octanol–water partition coefficient (Wildman–Crippen LogP) is 4.86. The van der Waals surface area contributed by atoms with Crippen LogP contribution >= 0.6 is 34.5 Å². The van der Waals surface area contributed by atoms with Crippen molar-refractivity contribution in [1.82, 2.24) is 4.98 Å². The van der Waals surface area contributed by atoms with Crippen LogP contribution in [0.1, 0.15) is 10.4 Å². The van der Waals surface area contributed by atoms with Crippen molar-refractivity contribution < 1.29 is 4.79 Å². The molecule has 0 fully saturated rings. The minimum Gasteiger partial charge on any atom is -0.322 e. The van der Waals surface area contributed by atoms with Crippen LogP contribution in [-0.2, 0) is 0 Å². The van der Waals surface area contributed by atoms with Crippen molar-refractivity contribution in [3.05, 3.63) is 57.5 Å². The SMILES string of the molecule is O=C(Nc1ccc2ncsc2c1)c1cccc(Cl)c1Cl. The molecule has 0 radical (unpaired) electrons. The highest BCUT2D eigenvalue weighted by atomic mass is 35.5. The van der Waals surface area contributed by atoms with Crippen molar-refractivity contribution in [2.45, 2.75) is 0 Å². The molecule has 1 heterocycles. The number of halogens is 2. The van der Waals surface area contributed by atoms with E-state index in [-0.39, 0.29) is 10.9 Å². The van der Waals surface area contributed by atoms with Gasteiger partial charge in [-0.3, -0.25) is 4.79 Å². The number of nitrogens with one attached hydrogen (secondary N) is 1. The number of carbonyl (C=O) groups excluding carboxylic acids is 1. The third-order valence-electron chi connectivity index (χ3n) is 2.79. The number of rotatable bonds is 2. The molecule has 0 aliphatic rings. The molecule has 1 N–H and O–H groups in total. The molecule has 0 atom stereocenters. The molecule has 1 aromatic heterocycles. The third kappa shape index (κ3) is 2.50. The molecule has 6 heteroatoms. The van der Waals surface area contributed by atoms with Crippen molar-refractivity contribution in [2.24, 2.45) is 0 Å². The maximum Gasteiger partial charge on any atom is 0.257 e. The zero-order chi connectivity index (χ0) is 14.1. The summed E-state index contributed by atoms with van der Waals surface area (Å²) in [4.78, 5) is 16.4. The molecule has 2 aromatic carbocycles. The lowest BCUT2D eigenvalue weighted by Gasteiger charge is -2.07. The van der Waals surface area contributed by atoms with Crippen molar-refractivity contribution in [3.8, 4) is 0 Å². The Labute approximate surface area is 129 Å². The van der Waals surface area contributed by atoms with E-state index in [1.165, 1.54) is 11.3 Å². The molecular formula is C14H8Cl2N2OS. The monoisotopic (exact) mass is 322 g/mol. The van der Waals surface area contributed by atoms with Gasteiger partial charge in [-0.2, -0.15) is 0 Å². The van der Waals surface area contributed by atoms with Crippen LogP contribution in [0.25, 0.3) is 10.2 Å². The van der Waals surface area contributed by atoms with E-state index in [0.29, 0.717) is 16.3 Å². The van der Waals surface area contributed by atoms with E-state index in [2.05, 4.69) is 10.3 Å². The molecular weight excluding hydrogens is 315 g/mol. The molecule has 3 rings (SSSR count). The highest BCUT2D eigenvalue weighted by Gasteiger charge is 2.13. The summed E-state index contributed by atoms with van der Waals surface area (Å²) in [5, 5.41) is 3.42. The van der Waals surface area contributed by atoms with Crippen LogP contribution in [0, 0.1) is 0 Å². The number of benzene rings is 2. The van der Waals surface area contributed by atoms with Gasteiger partial charge in [0, 0.05) is 5.69 Å². The molecule has 0 aliphatic heterocycles. The quantitative estimate of drug-likeness (QED) is 0.732. The van der Waals surface area contributed by atoms with E-state index in [0.717, 1.165) is 10.2 Å². The van der Waals surface area contributed by atoms with Gasteiger partial charge in [0.1, 0.15) is 0 Å². The number of aromatic nitrogens is 1. The Bertz CT molecular complexity index is 801. The zero-order valence-corrected chi connectivity index (χ0v) is 12.4.